The van der Waals surface area contributed by atoms with Crippen molar-refractivity contribution in [2.24, 2.45) is 0 Å². The summed E-state index contributed by atoms with van der Waals surface area (Å²) in [6, 6.07) is 10.3. The summed E-state index contributed by atoms with van der Waals surface area (Å²) in [5, 5.41) is 7.04. The predicted molar refractivity (Wildman–Crippen MR) is 124 cm³/mol. The molecule has 28 heavy (non-hydrogen) atoms. The Kier molecular flexibility index (Phi) is 8.11. The number of aryl methyl sites for hydroxylation is 1. The largest absolute Gasteiger partial charge is 0.344 e. The number of thiocarbonyl (C=S) groups is 1. The molecule has 0 aliphatic carbocycles. The molecular formula is C21H31ClN4S2+2. The third-order valence-electron chi connectivity index (χ3n) is 5.41. The standard InChI is InChI=1S/C21H29ClN4S2/c1-17-6-7-18(15-20(17)22)23-21(27)26(16-19-5-3-14-28-19)9-4-8-25-12-10-24(2)11-13-25/h3,5-7,14-15H,4,8-13,16H2,1-2H3,(H,23,27)/p+2. The number of anilines is 1. The number of nitrogens with zero attached hydrogens (tertiary/aromatic N) is 1. The van der Waals surface area contributed by atoms with E-state index in [1.54, 1.807) is 21.1 Å². The molecule has 3 rings (SSSR count). The second kappa shape index (κ2) is 10.6. The predicted octanol–water partition coefficient (Wildman–Crippen LogP) is 1.71. The van der Waals surface area contributed by atoms with E-state index in [0.29, 0.717) is 0 Å². The van der Waals surface area contributed by atoms with Crippen LogP contribution < -0.4 is 15.1 Å². The summed E-state index contributed by atoms with van der Waals surface area (Å²) in [4.78, 5) is 7.01. The molecule has 3 N–H and O–H groups in total. The molecule has 0 bridgehead atoms. The fraction of sp³-hybridized carbons (Fsp3) is 0.476. The zero-order chi connectivity index (χ0) is 19.9. The monoisotopic (exact) mass is 438 g/mol. The van der Waals surface area contributed by atoms with E-state index in [0.717, 1.165) is 40.9 Å². The smallest absolute Gasteiger partial charge is 0.173 e. The molecule has 0 radical (unpaired) electrons. The van der Waals surface area contributed by atoms with Gasteiger partial charge in [-0.15, -0.1) is 11.3 Å². The number of rotatable bonds is 7. The first-order valence-electron chi connectivity index (χ1n) is 10.0. The van der Waals surface area contributed by atoms with Gasteiger partial charge in [0.25, 0.3) is 0 Å². The maximum Gasteiger partial charge on any atom is 0.173 e. The fourth-order valence-corrected chi connectivity index (χ4v) is 4.69. The summed E-state index contributed by atoms with van der Waals surface area (Å²) in [6.07, 6.45) is 1.15. The Hall–Kier alpha value is -1.18. The first-order chi connectivity index (χ1) is 13.5. The number of hydrogen-bond acceptors (Lipinski definition) is 2. The highest BCUT2D eigenvalue weighted by Crippen LogP contribution is 2.21. The third-order valence-corrected chi connectivity index (χ3v) is 7.03. The molecule has 4 nitrogen and oxygen atoms in total. The van der Waals surface area contributed by atoms with Crippen molar-refractivity contribution in [2.45, 2.75) is 19.9 Å². The molecule has 1 fully saturated rings. The molecule has 0 atom stereocenters. The maximum absolute atomic E-state index is 6.27. The van der Waals surface area contributed by atoms with Gasteiger partial charge in [0.15, 0.2) is 5.11 Å². The van der Waals surface area contributed by atoms with Crippen molar-refractivity contribution < 1.29 is 9.80 Å². The lowest BCUT2D eigenvalue weighted by Crippen LogP contribution is -3.27. The maximum atomic E-state index is 6.27. The van der Waals surface area contributed by atoms with Crippen LogP contribution in [0.1, 0.15) is 16.9 Å². The second-order valence-corrected chi connectivity index (χ2v) is 9.53. The van der Waals surface area contributed by atoms with E-state index >= 15 is 0 Å². The number of nitrogens with one attached hydrogen (secondary N) is 3. The molecule has 2 heterocycles. The van der Waals surface area contributed by atoms with E-state index in [-0.39, 0.29) is 0 Å². The summed E-state index contributed by atoms with van der Waals surface area (Å²) in [7, 11) is 2.29. The first-order valence-corrected chi connectivity index (χ1v) is 11.7. The number of hydrogen-bond donors (Lipinski definition) is 3. The van der Waals surface area contributed by atoms with Crippen LogP contribution in [-0.4, -0.2) is 56.3 Å². The number of likely N-dealkylation sites (N-methyl/N-ethyl adjacent to an activating group) is 1. The van der Waals surface area contributed by atoms with Crippen molar-refractivity contribution >= 4 is 46.0 Å². The molecule has 1 saturated heterocycles. The molecule has 1 aliphatic heterocycles. The molecule has 1 aromatic heterocycles. The zero-order valence-corrected chi connectivity index (χ0v) is 19.2. The van der Waals surface area contributed by atoms with Crippen molar-refractivity contribution in [3.63, 3.8) is 0 Å². The van der Waals surface area contributed by atoms with Gasteiger partial charge in [-0.1, -0.05) is 23.7 Å². The van der Waals surface area contributed by atoms with Crippen LogP contribution in [0, 0.1) is 6.92 Å². The molecule has 1 aromatic carbocycles. The van der Waals surface area contributed by atoms with Gasteiger partial charge in [0.05, 0.1) is 20.1 Å². The van der Waals surface area contributed by atoms with Gasteiger partial charge in [0.2, 0.25) is 0 Å². The van der Waals surface area contributed by atoms with Crippen LogP contribution in [0.3, 0.4) is 0 Å². The highest BCUT2D eigenvalue weighted by atomic mass is 35.5. The molecule has 152 valence electrons. The van der Waals surface area contributed by atoms with Crippen molar-refractivity contribution in [1.29, 1.82) is 0 Å². The Morgan fingerprint density at radius 2 is 2.04 bits per heavy atom. The SMILES string of the molecule is Cc1ccc(NC(=S)N(CCC[NH+]2CC[NH+](C)CC2)Cc2cccs2)cc1Cl. The van der Waals surface area contributed by atoms with Crippen LogP contribution in [-0.2, 0) is 6.54 Å². The first kappa shape index (κ1) is 21.5. The number of thiophene rings is 1. The van der Waals surface area contributed by atoms with Crippen LogP contribution in [0.25, 0.3) is 0 Å². The van der Waals surface area contributed by atoms with Crippen molar-refractivity contribution in [3.05, 3.63) is 51.2 Å². The topological polar surface area (TPSA) is 24.2 Å². The number of piperazine rings is 1. The van der Waals surface area contributed by atoms with Gasteiger partial charge >= 0.3 is 0 Å². The van der Waals surface area contributed by atoms with E-state index in [2.05, 4.69) is 34.8 Å². The summed E-state index contributed by atoms with van der Waals surface area (Å²) < 4.78 is 0. The Bertz CT molecular complexity index is 758. The van der Waals surface area contributed by atoms with E-state index in [1.165, 1.54) is 37.6 Å². The van der Waals surface area contributed by atoms with Gasteiger partial charge in [-0.3, -0.25) is 0 Å². The Morgan fingerprint density at radius 1 is 1.25 bits per heavy atom. The quantitative estimate of drug-likeness (QED) is 0.574. The number of benzene rings is 1. The lowest BCUT2D eigenvalue weighted by molar-refractivity contribution is -1.00. The van der Waals surface area contributed by atoms with E-state index in [1.807, 2.05) is 25.1 Å². The highest BCUT2D eigenvalue weighted by Gasteiger charge is 2.20. The summed E-state index contributed by atoms with van der Waals surface area (Å²) in [5.41, 5.74) is 2.02. The van der Waals surface area contributed by atoms with Gasteiger partial charge in [-0.05, 0) is 48.3 Å². The van der Waals surface area contributed by atoms with Crippen molar-refractivity contribution in [2.75, 3.05) is 51.6 Å². The molecule has 0 saturated carbocycles. The number of halogens is 1. The second-order valence-electron chi connectivity index (χ2n) is 7.71. The molecule has 2 aromatic rings. The summed E-state index contributed by atoms with van der Waals surface area (Å²) in [5.74, 6) is 0. The lowest BCUT2D eigenvalue weighted by atomic mass is 10.2. The van der Waals surface area contributed by atoms with Crippen LogP contribution in [0.5, 0.6) is 0 Å². The number of quaternary nitrogens is 2. The van der Waals surface area contributed by atoms with Crippen LogP contribution in [0.4, 0.5) is 5.69 Å². The average Bonchev–Trinajstić information content (AvgIpc) is 3.18. The van der Waals surface area contributed by atoms with Crippen LogP contribution >= 0.6 is 35.2 Å². The van der Waals surface area contributed by atoms with E-state index in [9.17, 15) is 0 Å². The molecule has 1 aliphatic rings. The van der Waals surface area contributed by atoms with Crippen LogP contribution in [0.15, 0.2) is 35.7 Å². The van der Waals surface area contributed by atoms with E-state index in [4.69, 9.17) is 23.8 Å². The van der Waals surface area contributed by atoms with Gasteiger partial charge in [0, 0.05) is 28.6 Å². The van der Waals surface area contributed by atoms with Gasteiger partial charge in [-0.2, -0.15) is 0 Å². The summed E-state index contributed by atoms with van der Waals surface area (Å²) in [6.45, 7) is 10.2. The third kappa shape index (κ3) is 6.42. The molecule has 7 heteroatoms. The minimum absolute atomic E-state index is 0.762. The van der Waals surface area contributed by atoms with Gasteiger partial charge in [-0.25, -0.2) is 0 Å². The Morgan fingerprint density at radius 3 is 2.71 bits per heavy atom. The zero-order valence-electron chi connectivity index (χ0n) is 16.8. The minimum Gasteiger partial charge on any atom is -0.344 e. The molecule has 0 amide bonds. The fourth-order valence-electron chi connectivity index (χ4n) is 3.52. The summed E-state index contributed by atoms with van der Waals surface area (Å²) >= 11 is 13.8. The van der Waals surface area contributed by atoms with Crippen LogP contribution in [0.2, 0.25) is 5.02 Å². The minimum atomic E-state index is 0.762. The van der Waals surface area contributed by atoms with Gasteiger partial charge in [0.1, 0.15) is 26.2 Å². The van der Waals surface area contributed by atoms with Crippen molar-refractivity contribution in [3.8, 4) is 0 Å². The molecule has 0 unspecified atom stereocenters. The Balaban J connectivity index is 1.57. The normalized spacial score (nSPS) is 19.4. The molecular weight excluding hydrogens is 408 g/mol. The van der Waals surface area contributed by atoms with Crippen molar-refractivity contribution in [1.82, 2.24) is 4.90 Å². The molecule has 0 spiro atoms. The van der Waals surface area contributed by atoms with Gasteiger partial charge < -0.3 is 20.0 Å². The average molecular weight is 439 g/mol. The lowest BCUT2D eigenvalue weighted by Gasteiger charge is -2.29. The Labute approximate surface area is 183 Å². The van der Waals surface area contributed by atoms with E-state index < -0.39 is 0 Å². The highest BCUT2D eigenvalue weighted by molar-refractivity contribution is 7.80.